The fourth-order valence-corrected chi connectivity index (χ4v) is 5.31. The van der Waals surface area contributed by atoms with Gasteiger partial charge in [-0.2, -0.15) is 0 Å². The molecule has 0 fully saturated rings. The van der Waals surface area contributed by atoms with Gasteiger partial charge in [-0.3, -0.25) is 5.32 Å². The van der Waals surface area contributed by atoms with Gasteiger partial charge in [-0.15, -0.1) is 0 Å². The Labute approximate surface area is 290 Å². The predicted molar refractivity (Wildman–Crippen MR) is 203 cm³/mol. The predicted octanol–water partition coefficient (Wildman–Crippen LogP) is 11.1. The fraction of sp³-hybridized carbons (Fsp3) is 0.821. The number of allylic oxidation sites excluding steroid dienone is 4. The molecule has 6 amide bonds. The number of urea groups is 3. The Morgan fingerprint density at radius 1 is 0.404 bits per heavy atom. The summed E-state index contributed by atoms with van der Waals surface area (Å²) in [6.07, 6.45) is 45.4. The van der Waals surface area contributed by atoms with Crippen LogP contribution >= 0.6 is 0 Å². The molecule has 0 aliphatic carbocycles. The smallest absolute Gasteiger partial charge is 0.322 e. The van der Waals surface area contributed by atoms with Crippen LogP contribution in [0, 0.1) is 0 Å². The first kappa shape index (κ1) is 46.6. The zero-order valence-electron chi connectivity index (χ0n) is 30.9. The Morgan fingerprint density at radius 3 is 1.02 bits per heavy atom. The van der Waals surface area contributed by atoms with Crippen molar-refractivity contribution in [1.29, 1.82) is 0 Å². The van der Waals surface area contributed by atoms with Crippen molar-refractivity contribution >= 4 is 18.1 Å². The lowest BCUT2D eigenvalue weighted by Crippen LogP contribution is -2.42. The molecule has 7 N–H and O–H groups in total. The Hall–Kier alpha value is -2.51. The first-order valence-corrected chi connectivity index (χ1v) is 19.6. The lowest BCUT2D eigenvalue weighted by Gasteiger charge is -2.04. The minimum absolute atomic E-state index is 0.409. The van der Waals surface area contributed by atoms with Gasteiger partial charge in [0.1, 0.15) is 0 Å². The van der Waals surface area contributed by atoms with Gasteiger partial charge in [-0.1, -0.05) is 154 Å². The molecule has 0 unspecified atom stereocenters. The fourth-order valence-electron chi connectivity index (χ4n) is 5.31. The van der Waals surface area contributed by atoms with E-state index in [1.807, 2.05) is 5.32 Å². The van der Waals surface area contributed by atoms with Crippen LogP contribution in [-0.2, 0) is 0 Å². The summed E-state index contributed by atoms with van der Waals surface area (Å²) in [5.74, 6) is 0. The standard InChI is InChI=1S/C20H39N3O2.C19H38N2O/c1-2-3-4-5-6-7-8-9-10-11-12-13-14-15-16-17-18-22-20(25)23-19(21)24;1-2-3-4-5-6-7-8-9-10-11-12-13-14-15-16-17-18-21-19(20)22/h9-10H,2-8,11-18H2,1H3,(H4,21,22,23,24,25);9-10H,2-8,11-18H2,1H3,(H3,20,21,22)/b2*10-9-. The SMILES string of the molecule is CCCCCCCC/C=C\CCCCCCCCNC(=O)NC(N)=O.CCCCCCCC/C=C\CCCCCCCCNC(N)=O. The molecule has 0 radical (unpaired) electrons. The van der Waals surface area contributed by atoms with Gasteiger partial charge in [0.05, 0.1) is 0 Å². The van der Waals surface area contributed by atoms with Crippen LogP contribution in [-0.4, -0.2) is 31.2 Å². The van der Waals surface area contributed by atoms with E-state index in [1.165, 1.54) is 161 Å². The number of unbranched alkanes of at least 4 members (excludes halogenated alkanes) is 24. The zero-order chi connectivity index (χ0) is 34.9. The number of imide groups is 1. The molecule has 8 heteroatoms. The molecule has 0 saturated carbocycles. The largest absolute Gasteiger partial charge is 0.352 e. The van der Waals surface area contributed by atoms with E-state index in [0.717, 1.165) is 25.8 Å². The average Bonchev–Trinajstić information content (AvgIpc) is 3.04. The highest BCUT2D eigenvalue weighted by molar-refractivity contribution is 5.92. The van der Waals surface area contributed by atoms with Gasteiger partial charge in [0.15, 0.2) is 0 Å². The van der Waals surface area contributed by atoms with Gasteiger partial charge in [0.25, 0.3) is 0 Å². The van der Waals surface area contributed by atoms with Crippen molar-refractivity contribution in [3.05, 3.63) is 24.3 Å². The number of nitrogens with one attached hydrogen (secondary N) is 3. The lowest BCUT2D eigenvalue weighted by atomic mass is 10.1. The topological polar surface area (TPSA) is 139 Å². The second-order valence-electron chi connectivity index (χ2n) is 12.9. The molecule has 0 aromatic heterocycles. The van der Waals surface area contributed by atoms with Crippen molar-refractivity contribution in [1.82, 2.24) is 16.0 Å². The van der Waals surface area contributed by atoms with Crippen LogP contribution in [0.3, 0.4) is 0 Å². The summed E-state index contributed by atoms with van der Waals surface area (Å²) in [5.41, 5.74) is 9.85. The van der Waals surface area contributed by atoms with Crippen molar-refractivity contribution in [2.24, 2.45) is 11.5 Å². The molecule has 0 heterocycles. The van der Waals surface area contributed by atoms with E-state index in [2.05, 4.69) is 48.8 Å². The molecule has 0 aliphatic heterocycles. The van der Waals surface area contributed by atoms with E-state index >= 15 is 0 Å². The molecule has 0 aliphatic rings. The van der Waals surface area contributed by atoms with Crippen LogP contribution < -0.4 is 27.4 Å². The molecule has 8 nitrogen and oxygen atoms in total. The Balaban J connectivity index is 0. The van der Waals surface area contributed by atoms with E-state index in [9.17, 15) is 14.4 Å². The zero-order valence-corrected chi connectivity index (χ0v) is 30.9. The molecule has 0 rings (SSSR count). The molecule has 276 valence electrons. The van der Waals surface area contributed by atoms with Gasteiger partial charge < -0.3 is 22.1 Å². The molecule has 0 aromatic carbocycles. The van der Waals surface area contributed by atoms with E-state index in [-0.39, 0.29) is 0 Å². The third-order valence-electron chi connectivity index (χ3n) is 8.20. The molecule has 0 bridgehead atoms. The van der Waals surface area contributed by atoms with Crippen LogP contribution in [0.2, 0.25) is 0 Å². The van der Waals surface area contributed by atoms with Gasteiger partial charge >= 0.3 is 18.1 Å². The first-order chi connectivity index (χ1) is 22.9. The summed E-state index contributed by atoms with van der Waals surface area (Å²) < 4.78 is 0. The number of nitrogens with two attached hydrogens (primary N) is 2. The Bertz CT molecular complexity index is 742. The highest BCUT2D eigenvalue weighted by Crippen LogP contribution is 2.11. The third kappa shape index (κ3) is 48.0. The summed E-state index contributed by atoms with van der Waals surface area (Å²) in [7, 11) is 0. The summed E-state index contributed by atoms with van der Waals surface area (Å²) >= 11 is 0. The summed E-state index contributed by atoms with van der Waals surface area (Å²) in [4.78, 5) is 32.0. The lowest BCUT2D eigenvalue weighted by molar-refractivity contribution is 0.231. The maximum absolute atomic E-state index is 11.1. The summed E-state index contributed by atoms with van der Waals surface area (Å²) in [5, 5.41) is 7.21. The second-order valence-corrected chi connectivity index (χ2v) is 12.9. The number of amides is 6. The van der Waals surface area contributed by atoms with Crippen molar-refractivity contribution in [2.45, 2.75) is 194 Å². The summed E-state index contributed by atoms with van der Waals surface area (Å²) in [6, 6.07) is -1.74. The molecule has 0 spiro atoms. The number of primary amides is 2. The van der Waals surface area contributed by atoms with Gasteiger partial charge in [0.2, 0.25) is 0 Å². The number of rotatable bonds is 32. The molecule has 0 atom stereocenters. The maximum Gasteiger partial charge on any atom is 0.322 e. The van der Waals surface area contributed by atoms with E-state index in [0.29, 0.717) is 6.54 Å². The highest BCUT2D eigenvalue weighted by atomic mass is 16.2. The van der Waals surface area contributed by atoms with Crippen molar-refractivity contribution in [3.8, 4) is 0 Å². The maximum atomic E-state index is 11.1. The van der Waals surface area contributed by atoms with Crippen LogP contribution in [0.25, 0.3) is 0 Å². The third-order valence-corrected chi connectivity index (χ3v) is 8.20. The van der Waals surface area contributed by atoms with Gasteiger partial charge in [-0.05, 0) is 64.2 Å². The van der Waals surface area contributed by atoms with Crippen LogP contribution in [0.5, 0.6) is 0 Å². The van der Waals surface area contributed by atoms with Crippen molar-refractivity contribution in [3.63, 3.8) is 0 Å². The van der Waals surface area contributed by atoms with Crippen LogP contribution in [0.1, 0.15) is 194 Å². The molecule has 0 saturated heterocycles. The number of carbonyl (C=O) groups is 3. The molecular formula is C39H77N5O3. The van der Waals surface area contributed by atoms with Crippen molar-refractivity contribution in [2.75, 3.05) is 13.1 Å². The monoisotopic (exact) mass is 664 g/mol. The normalized spacial score (nSPS) is 11.0. The van der Waals surface area contributed by atoms with Gasteiger partial charge in [-0.25, -0.2) is 14.4 Å². The van der Waals surface area contributed by atoms with E-state index < -0.39 is 18.1 Å². The molecule has 47 heavy (non-hydrogen) atoms. The van der Waals surface area contributed by atoms with Gasteiger partial charge in [0, 0.05) is 13.1 Å². The highest BCUT2D eigenvalue weighted by Gasteiger charge is 2.01. The second kappa shape index (κ2) is 41.5. The minimum Gasteiger partial charge on any atom is -0.352 e. The number of hydrogen-bond donors (Lipinski definition) is 5. The average molecular weight is 664 g/mol. The first-order valence-electron chi connectivity index (χ1n) is 19.6. The molecule has 0 aromatic rings. The van der Waals surface area contributed by atoms with Crippen LogP contribution in [0.4, 0.5) is 14.4 Å². The quantitative estimate of drug-likeness (QED) is 0.0361. The Kier molecular flexibility index (Phi) is 41.2. The van der Waals surface area contributed by atoms with Crippen LogP contribution in [0.15, 0.2) is 24.3 Å². The molecular weight excluding hydrogens is 586 g/mol. The van der Waals surface area contributed by atoms with E-state index in [1.54, 1.807) is 0 Å². The number of carbonyl (C=O) groups excluding carboxylic acids is 3. The Morgan fingerprint density at radius 2 is 0.702 bits per heavy atom. The summed E-state index contributed by atoms with van der Waals surface area (Å²) in [6.45, 7) is 5.83. The minimum atomic E-state index is -0.821. The number of hydrogen-bond acceptors (Lipinski definition) is 3. The van der Waals surface area contributed by atoms with Crippen molar-refractivity contribution < 1.29 is 14.4 Å². The van der Waals surface area contributed by atoms with E-state index in [4.69, 9.17) is 11.5 Å².